The van der Waals surface area contributed by atoms with Gasteiger partial charge in [-0.15, -0.1) is 0 Å². The first-order valence-electron chi connectivity index (χ1n) is 9.24. The van der Waals surface area contributed by atoms with Gasteiger partial charge in [-0.1, -0.05) is 18.2 Å². The molecule has 2 rings (SSSR count). The van der Waals surface area contributed by atoms with Crippen LogP contribution < -0.4 is 21.7 Å². The minimum atomic E-state index is -1.49. The number of aliphatic hydroxyl groups excluding tert-OH is 1. The highest BCUT2D eigenvalue weighted by Gasteiger charge is 2.25. The topological polar surface area (TPSA) is 187 Å². The van der Waals surface area contributed by atoms with E-state index in [4.69, 9.17) is 10.8 Å². The fraction of sp³-hybridized carbons (Fsp3) is 0.368. The monoisotopic (exact) mass is 419 g/mol. The van der Waals surface area contributed by atoms with Crippen LogP contribution in [0.2, 0.25) is 0 Å². The van der Waals surface area contributed by atoms with E-state index in [-0.39, 0.29) is 6.42 Å². The Bertz CT molecular complexity index is 925. The molecule has 3 atom stereocenters. The Kier molecular flexibility index (Phi) is 7.90. The number of carboxylic acid groups (broad SMARTS) is 1. The number of amides is 3. The molecule has 0 radical (unpaired) electrons. The molecule has 0 bridgehead atoms. The van der Waals surface area contributed by atoms with Gasteiger partial charge in [-0.3, -0.25) is 14.4 Å². The summed E-state index contributed by atoms with van der Waals surface area (Å²) in [7, 11) is 0. The number of carbonyl (C=O) groups excluding carboxylic acids is 3. The molecule has 0 saturated carbocycles. The summed E-state index contributed by atoms with van der Waals surface area (Å²) < 4.78 is 0. The van der Waals surface area contributed by atoms with Crippen LogP contribution in [-0.2, 0) is 25.6 Å². The van der Waals surface area contributed by atoms with Gasteiger partial charge in [0.2, 0.25) is 17.7 Å². The van der Waals surface area contributed by atoms with Gasteiger partial charge in [0.25, 0.3) is 0 Å². The summed E-state index contributed by atoms with van der Waals surface area (Å²) in [6, 6.07) is 5.23. The minimum Gasteiger partial charge on any atom is -0.480 e. The van der Waals surface area contributed by atoms with Crippen LogP contribution >= 0.6 is 0 Å². The van der Waals surface area contributed by atoms with Crippen molar-refractivity contribution in [1.82, 2.24) is 20.9 Å². The van der Waals surface area contributed by atoms with Gasteiger partial charge in [0.05, 0.1) is 25.2 Å². The quantitative estimate of drug-likeness (QED) is 0.237. The third kappa shape index (κ3) is 6.29. The second kappa shape index (κ2) is 10.4. The van der Waals surface area contributed by atoms with Crippen molar-refractivity contribution >= 4 is 34.6 Å². The number of para-hydroxylation sites is 1. The third-order valence-corrected chi connectivity index (χ3v) is 4.39. The van der Waals surface area contributed by atoms with Gasteiger partial charge in [0.1, 0.15) is 0 Å². The van der Waals surface area contributed by atoms with E-state index >= 15 is 0 Å². The van der Waals surface area contributed by atoms with Crippen molar-refractivity contribution in [1.29, 1.82) is 0 Å². The Hall–Kier alpha value is -3.44. The fourth-order valence-corrected chi connectivity index (χ4v) is 2.78. The number of carboxylic acids is 1. The molecule has 0 saturated heterocycles. The average molecular weight is 419 g/mol. The highest BCUT2D eigenvalue weighted by molar-refractivity contribution is 5.91. The van der Waals surface area contributed by atoms with E-state index in [9.17, 15) is 24.3 Å². The number of aliphatic carboxylic acids is 1. The lowest BCUT2D eigenvalue weighted by Crippen LogP contribution is -2.51. The predicted octanol–water partition coefficient (Wildman–Crippen LogP) is -1.78. The van der Waals surface area contributed by atoms with E-state index in [1.807, 2.05) is 24.3 Å². The van der Waals surface area contributed by atoms with Crippen molar-refractivity contribution in [3.8, 4) is 0 Å². The second-order valence-electron chi connectivity index (χ2n) is 6.79. The van der Waals surface area contributed by atoms with Gasteiger partial charge >= 0.3 is 5.97 Å². The molecule has 11 nitrogen and oxygen atoms in total. The summed E-state index contributed by atoms with van der Waals surface area (Å²) in [5, 5.41) is 25.9. The number of nitrogens with one attached hydrogen (secondary N) is 4. The normalized spacial score (nSPS) is 13.8. The zero-order valence-electron chi connectivity index (χ0n) is 16.3. The van der Waals surface area contributed by atoms with Crippen LogP contribution in [0.1, 0.15) is 12.5 Å². The van der Waals surface area contributed by atoms with Crippen molar-refractivity contribution < 1.29 is 29.4 Å². The fourth-order valence-electron chi connectivity index (χ4n) is 2.78. The zero-order chi connectivity index (χ0) is 22.3. The predicted molar refractivity (Wildman–Crippen MR) is 107 cm³/mol. The molecule has 0 spiro atoms. The average Bonchev–Trinajstić information content (AvgIpc) is 3.11. The molecule has 0 fully saturated rings. The number of fused-ring (bicyclic) bond motifs is 1. The molecule has 8 N–H and O–H groups in total. The molecule has 0 aliphatic heterocycles. The first-order chi connectivity index (χ1) is 14.2. The first-order valence-corrected chi connectivity index (χ1v) is 9.24. The lowest BCUT2D eigenvalue weighted by molar-refractivity contribution is -0.144. The van der Waals surface area contributed by atoms with Gasteiger partial charge in [-0.25, -0.2) is 4.79 Å². The molecule has 1 aromatic carbocycles. The van der Waals surface area contributed by atoms with Crippen molar-refractivity contribution in [2.75, 3.05) is 13.1 Å². The van der Waals surface area contributed by atoms with Crippen molar-refractivity contribution in [3.63, 3.8) is 0 Å². The number of benzene rings is 1. The maximum absolute atomic E-state index is 12.1. The molecule has 3 amide bonds. The van der Waals surface area contributed by atoms with Gasteiger partial charge < -0.3 is 36.9 Å². The molecule has 1 aromatic heterocycles. The summed E-state index contributed by atoms with van der Waals surface area (Å²) in [6.45, 7) is 0.311. The molecule has 2 aromatic rings. The van der Waals surface area contributed by atoms with E-state index in [1.54, 1.807) is 6.20 Å². The zero-order valence-corrected chi connectivity index (χ0v) is 16.3. The molecule has 30 heavy (non-hydrogen) atoms. The van der Waals surface area contributed by atoms with Gasteiger partial charge in [0, 0.05) is 17.1 Å². The lowest BCUT2D eigenvalue weighted by Gasteiger charge is -2.17. The van der Waals surface area contributed by atoms with E-state index in [0.717, 1.165) is 16.5 Å². The molecule has 0 aliphatic carbocycles. The largest absolute Gasteiger partial charge is 0.480 e. The number of aromatic amines is 1. The van der Waals surface area contributed by atoms with Crippen molar-refractivity contribution in [2.24, 2.45) is 5.73 Å². The number of aromatic nitrogens is 1. The third-order valence-electron chi connectivity index (χ3n) is 4.39. The van der Waals surface area contributed by atoms with Crippen LogP contribution in [-0.4, -0.2) is 70.2 Å². The van der Waals surface area contributed by atoms with Crippen molar-refractivity contribution in [2.45, 2.75) is 31.5 Å². The molecule has 1 heterocycles. The number of nitrogens with two attached hydrogens (primary N) is 1. The van der Waals surface area contributed by atoms with Crippen LogP contribution in [0.15, 0.2) is 30.5 Å². The molecular formula is C19H25N5O6. The summed E-state index contributed by atoms with van der Waals surface area (Å²) >= 11 is 0. The summed E-state index contributed by atoms with van der Waals surface area (Å²) in [6.07, 6.45) is 0.747. The van der Waals surface area contributed by atoms with E-state index < -0.39 is 55.0 Å². The highest BCUT2D eigenvalue weighted by atomic mass is 16.4. The number of H-pyrrole nitrogens is 1. The maximum Gasteiger partial charge on any atom is 0.328 e. The Morgan fingerprint density at radius 2 is 1.77 bits per heavy atom. The summed E-state index contributed by atoms with van der Waals surface area (Å²) in [5.41, 5.74) is 7.72. The van der Waals surface area contributed by atoms with E-state index in [2.05, 4.69) is 20.9 Å². The van der Waals surface area contributed by atoms with Crippen LogP contribution in [0.5, 0.6) is 0 Å². The summed E-state index contributed by atoms with van der Waals surface area (Å²) in [4.78, 5) is 49.6. The highest BCUT2D eigenvalue weighted by Crippen LogP contribution is 2.18. The number of carbonyl (C=O) groups is 4. The van der Waals surface area contributed by atoms with E-state index in [0.29, 0.717) is 0 Å². The van der Waals surface area contributed by atoms with Gasteiger partial charge in [-0.2, -0.15) is 0 Å². The summed E-state index contributed by atoms with van der Waals surface area (Å²) in [5.74, 6) is -3.37. The molecule has 3 unspecified atom stereocenters. The van der Waals surface area contributed by atoms with Crippen molar-refractivity contribution in [3.05, 3.63) is 36.0 Å². The van der Waals surface area contributed by atoms with Gasteiger partial charge in [-0.05, 0) is 25.0 Å². The first kappa shape index (κ1) is 22.8. The van der Waals surface area contributed by atoms with Crippen LogP contribution in [0.25, 0.3) is 10.9 Å². The van der Waals surface area contributed by atoms with Crippen LogP contribution in [0.3, 0.4) is 0 Å². The minimum absolute atomic E-state index is 0.274. The Morgan fingerprint density at radius 3 is 2.43 bits per heavy atom. The van der Waals surface area contributed by atoms with Crippen LogP contribution in [0.4, 0.5) is 0 Å². The Balaban J connectivity index is 1.75. The number of rotatable bonds is 10. The SMILES string of the molecule is CC(O)C(NC(=O)CNC(=O)CNC(=O)C(N)Cc1c[nH]c2ccccc12)C(=O)O. The lowest BCUT2D eigenvalue weighted by atomic mass is 10.1. The Labute approximate surface area is 172 Å². The molecular weight excluding hydrogens is 394 g/mol. The molecule has 162 valence electrons. The van der Waals surface area contributed by atoms with Crippen LogP contribution in [0, 0.1) is 0 Å². The Morgan fingerprint density at radius 1 is 1.10 bits per heavy atom. The number of aliphatic hydroxyl groups is 1. The smallest absolute Gasteiger partial charge is 0.328 e. The second-order valence-corrected chi connectivity index (χ2v) is 6.79. The maximum atomic E-state index is 12.1. The van der Waals surface area contributed by atoms with E-state index in [1.165, 1.54) is 6.92 Å². The van der Waals surface area contributed by atoms with Gasteiger partial charge in [0.15, 0.2) is 6.04 Å². The number of hydrogen-bond acceptors (Lipinski definition) is 6. The molecule has 11 heteroatoms. The molecule has 0 aliphatic rings. The standard InChI is InChI=1S/C19H25N5O6/c1-10(25)17(19(29)30)24-16(27)9-22-15(26)8-23-18(28)13(20)6-11-7-21-14-5-3-2-4-12(11)14/h2-5,7,10,13,17,21,25H,6,8-9,20H2,1H3,(H,22,26)(H,23,28)(H,24,27)(H,29,30). The number of hydrogen-bond donors (Lipinski definition) is 7.